The Kier molecular flexibility index (Phi) is 39.5. The van der Waals surface area contributed by atoms with Crippen molar-refractivity contribution in [3.8, 4) is 0 Å². The SMILES string of the molecule is CCCC/C=C/CCCCCCCC(=O)OC[C@H](COP(=O)(O)OCCN)OC(=O)CCCCCCCCCCCCCCCCCCCCCCC. The number of carbonyl (C=O) groups is 2. The van der Waals surface area contributed by atoms with Gasteiger partial charge in [0.05, 0.1) is 13.2 Å². The van der Waals surface area contributed by atoms with Gasteiger partial charge in [0, 0.05) is 19.4 Å². The Labute approximate surface area is 326 Å². The summed E-state index contributed by atoms with van der Waals surface area (Å²) in [6.07, 6.45) is 41.1. The summed E-state index contributed by atoms with van der Waals surface area (Å²) in [6, 6.07) is 0. The molecule has 0 spiro atoms. The largest absolute Gasteiger partial charge is 0.472 e. The second-order valence-corrected chi connectivity index (χ2v) is 16.4. The average Bonchev–Trinajstić information content (AvgIpc) is 3.14. The fourth-order valence-corrected chi connectivity index (χ4v) is 7.09. The third kappa shape index (κ3) is 40.2. The van der Waals surface area contributed by atoms with Crippen LogP contribution in [-0.4, -0.2) is 49.3 Å². The summed E-state index contributed by atoms with van der Waals surface area (Å²) in [4.78, 5) is 34.8. The molecule has 9 nitrogen and oxygen atoms in total. The first-order chi connectivity index (χ1) is 25.8. The van der Waals surface area contributed by atoms with Crippen LogP contribution in [0.25, 0.3) is 0 Å². The van der Waals surface area contributed by atoms with E-state index in [-0.39, 0.29) is 38.6 Å². The third-order valence-electron chi connectivity index (χ3n) is 9.65. The molecular formula is C43H84NO8P. The number of ether oxygens (including phenoxy) is 2. The molecule has 0 aromatic rings. The van der Waals surface area contributed by atoms with Crippen molar-refractivity contribution in [1.29, 1.82) is 0 Å². The summed E-state index contributed by atoms with van der Waals surface area (Å²) in [6.45, 7) is 3.71. The number of hydrogen-bond donors (Lipinski definition) is 2. The number of esters is 2. The van der Waals surface area contributed by atoms with Crippen LogP contribution in [-0.2, 0) is 32.7 Å². The predicted molar refractivity (Wildman–Crippen MR) is 220 cm³/mol. The van der Waals surface area contributed by atoms with Gasteiger partial charge in [-0.3, -0.25) is 18.6 Å². The predicted octanol–water partition coefficient (Wildman–Crippen LogP) is 12.6. The molecule has 0 radical (unpaired) electrons. The second kappa shape index (κ2) is 40.4. The van der Waals surface area contributed by atoms with E-state index in [2.05, 4.69) is 26.0 Å². The second-order valence-electron chi connectivity index (χ2n) is 14.9. The molecule has 3 N–H and O–H groups in total. The van der Waals surface area contributed by atoms with Crippen LogP contribution in [0.4, 0.5) is 0 Å². The molecule has 0 rings (SSSR count). The molecule has 10 heteroatoms. The highest BCUT2D eigenvalue weighted by Gasteiger charge is 2.26. The summed E-state index contributed by atoms with van der Waals surface area (Å²) >= 11 is 0. The van der Waals surface area contributed by atoms with Crippen molar-refractivity contribution >= 4 is 19.8 Å². The highest BCUT2D eigenvalue weighted by molar-refractivity contribution is 7.47. The molecule has 1 unspecified atom stereocenters. The molecule has 0 amide bonds. The average molecular weight is 774 g/mol. The van der Waals surface area contributed by atoms with E-state index in [1.807, 2.05) is 0 Å². The molecule has 314 valence electrons. The molecule has 53 heavy (non-hydrogen) atoms. The van der Waals surface area contributed by atoms with Gasteiger partial charge in [-0.25, -0.2) is 4.57 Å². The lowest BCUT2D eigenvalue weighted by Crippen LogP contribution is -2.29. The van der Waals surface area contributed by atoms with Crippen molar-refractivity contribution < 1.29 is 37.6 Å². The maximum atomic E-state index is 12.6. The number of allylic oxidation sites excluding steroid dienone is 2. The molecule has 0 fully saturated rings. The van der Waals surface area contributed by atoms with Crippen molar-refractivity contribution in [3.63, 3.8) is 0 Å². The molecule has 0 heterocycles. The number of carbonyl (C=O) groups excluding carboxylic acids is 2. The van der Waals surface area contributed by atoms with Gasteiger partial charge < -0.3 is 20.1 Å². The van der Waals surface area contributed by atoms with Crippen molar-refractivity contribution in [2.24, 2.45) is 5.73 Å². The molecule has 0 aliphatic rings. The maximum absolute atomic E-state index is 12.6. The Morgan fingerprint density at radius 2 is 0.943 bits per heavy atom. The number of hydrogen-bond acceptors (Lipinski definition) is 8. The van der Waals surface area contributed by atoms with E-state index in [4.69, 9.17) is 24.3 Å². The van der Waals surface area contributed by atoms with Gasteiger partial charge in [-0.05, 0) is 32.1 Å². The van der Waals surface area contributed by atoms with Gasteiger partial charge in [-0.15, -0.1) is 0 Å². The van der Waals surface area contributed by atoms with Gasteiger partial charge in [0.15, 0.2) is 6.10 Å². The Morgan fingerprint density at radius 1 is 0.547 bits per heavy atom. The van der Waals surface area contributed by atoms with Crippen LogP contribution >= 0.6 is 7.82 Å². The van der Waals surface area contributed by atoms with Gasteiger partial charge in [-0.1, -0.05) is 187 Å². The van der Waals surface area contributed by atoms with Gasteiger partial charge in [0.2, 0.25) is 0 Å². The zero-order chi connectivity index (χ0) is 38.9. The minimum absolute atomic E-state index is 0.0551. The Bertz CT molecular complexity index is 886. The molecule has 0 saturated carbocycles. The van der Waals surface area contributed by atoms with E-state index < -0.39 is 26.5 Å². The fraction of sp³-hybridized carbons (Fsp3) is 0.907. The first-order valence-electron chi connectivity index (χ1n) is 22.2. The first kappa shape index (κ1) is 51.8. The molecule has 2 atom stereocenters. The van der Waals surface area contributed by atoms with Crippen LogP contribution in [0.15, 0.2) is 12.2 Å². The van der Waals surface area contributed by atoms with E-state index in [0.717, 1.165) is 57.8 Å². The van der Waals surface area contributed by atoms with Crippen molar-refractivity contribution in [3.05, 3.63) is 12.2 Å². The Balaban J connectivity index is 4.03. The van der Waals surface area contributed by atoms with Gasteiger partial charge in [-0.2, -0.15) is 0 Å². The number of rotatable bonds is 42. The fourth-order valence-electron chi connectivity index (χ4n) is 6.32. The smallest absolute Gasteiger partial charge is 0.462 e. The number of phosphoric ester groups is 1. The Morgan fingerprint density at radius 3 is 1.40 bits per heavy atom. The molecule has 0 aromatic heterocycles. The number of phosphoric acid groups is 1. The molecule has 0 saturated heterocycles. The molecular weight excluding hydrogens is 689 g/mol. The summed E-state index contributed by atoms with van der Waals surface area (Å²) in [5, 5.41) is 0. The van der Waals surface area contributed by atoms with Crippen LogP contribution < -0.4 is 5.73 Å². The number of unbranched alkanes of at least 4 members (excludes halogenated alkanes) is 27. The monoisotopic (exact) mass is 774 g/mol. The highest BCUT2D eigenvalue weighted by Crippen LogP contribution is 2.43. The zero-order valence-corrected chi connectivity index (χ0v) is 35.4. The van der Waals surface area contributed by atoms with E-state index in [1.165, 1.54) is 128 Å². The minimum Gasteiger partial charge on any atom is -0.462 e. The molecule has 0 bridgehead atoms. The van der Waals surface area contributed by atoms with Crippen molar-refractivity contribution in [1.82, 2.24) is 0 Å². The topological polar surface area (TPSA) is 134 Å². The van der Waals surface area contributed by atoms with E-state index in [1.54, 1.807) is 0 Å². The van der Waals surface area contributed by atoms with Crippen LogP contribution in [0, 0.1) is 0 Å². The minimum atomic E-state index is -4.37. The lowest BCUT2D eigenvalue weighted by molar-refractivity contribution is -0.161. The van der Waals surface area contributed by atoms with Gasteiger partial charge in [0.1, 0.15) is 6.61 Å². The van der Waals surface area contributed by atoms with Gasteiger partial charge >= 0.3 is 19.8 Å². The first-order valence-corrected chi connectivity index (χ1v) is 23.7. The van der Waals surface area contributed by atoms with E-state index in [9.17, 15) is 19.0 Å². The van der Waals surface area contributed by atoms with Gasteiger partial charge in [0.25, 0.3) is 0 Å². The lowest BCUT2D eigenvalue weighted by atomic mass is 10.0. The third-order valence-corrected chi connectivity index (χ3v) is 10.6. The standard InChI is InChI=1S/C43H84NO8P/c1-3-5-7-9-11-13-15-16-17-18-19-20-21-22-23-24-26-28-30-32-34-36-43(46)52-41(40-51-53(47,48)50-38-37-44)39-49-42(45)35-33-31-29-27-25-14-12-10-8-6-4-2/h10,12,41H,3-9,11,13-40,44H2,1-2H3,(H,47,48)/b12-10+/t41-/m1/s1. The maximum Gasteiger partial charge on any atom is 0.472 e. The number of nitrogens with two attached hydrogens (primary N) is 1. The van der Waals surface area contributed by atoms with Crippen LogP contribution in [0.2, 0.25) is 0 Å². The van der Waals surface area contributed by atoms with E-state index in [0.29, 0.717) is 6.42 Å². The lowest BCUT2D eigenvalue weighted by Gasteiger charge is -2.19. The summed E-state index contributed by atoms with van der Waals surface area (Å²) in [5.41, 5.74) is 5.34. The molecule has 0 aliphatic carbocycles. The summed E-state index contributed by atoms with van der Waals surface area (Å²) < 4.78 is 32.7. The highest BCUT2D eigenvalue weighted by atomic mass is 31.2. The zero-order valence-electron chi connectivity index (χ0n) is 34.5. The Hall–Kier alpha value is -1.25. The van der Waals surface area contributed by atoms with Crippen LogP contribution in [0.5, 0.6) is 0 Å². The quantitative estimate of drug-likeness (QED) is 0.0269. The summed E-state index contributed by atoms with van der Waals surface area (Å²) in [5.74, 6) is -0.830. The summed E-state index contributed by atoms with van der Waals surface area (Å²) in [7, 11) is -4.37. The van der Waals surface area contributed by atoms with Crippen molar-refractivity contribution in [2.45, 2.75) is 225 Å². The van der Waals surface area contributed by atoms with Crippen LogP contribution in [0.1, 0.15) is 219 Å². The molecule has 0 aromatic carbocycles. The molecule has 0 aliphatic heterocycles. The van der Waals surface area contributed by atoms with E-state index >= 15 is 0 Å². The van der Waals surface area contributed by atoms with Crippen LogP contribution in [0.3, 0.4) is 0 Å². The van der Waals surface area contributed by atoms with Crippen molar-refractivity contribution in [2.75, 3.05) is 26.4 Å². The normalized spacial score (nSPS) is 13.4.